The Morgan fingerprint density at radius 2 is 1.76 bits per heavy atom. The number of thiophene rings is 1. The van der Waals surface area contributed by atoms with Crippen molar-refractivity contribution < 1.29 is 4.74 Å². The highest BCUT2D eigenvalue weighted by Crippen LogP contribution is 2.37. The summed E-state index contributed by atoms with van der Waals surface area (Å²) in [6.07, 6.45) is 5.19. The Hall–Kier alpha value is -2.92. The maximum Gasteiger partial charge on any atom is 0.143 e. The van der Waals surface area contributed by atoms with E-state index < -0.39 is 0 Å². The molecule has 4 nitrogen and oxygen atoms in total. The normalized spacial score (nSPS) is 11.0. The maximum absolute atomic E-state index is 5.57. The molecular formula is C24H25N3OS. The van der Waals surface area contributed by atoms with E-state index in [2.05, 4.69) is 64.0 Å². The molecule has 2 aromatic carbocycles. The highest BCUT2D eigenvalue weighted by Gasteiger charge is 2.13. The number of hydrogen-bond donors (Lipinski definition) is 1. The maximum atomic E-state index is 5.57. The van der Waals surface area contributed by atoms with Gasteiger partial charge in [0, 0.05) is 16.6 Å². The number of aromatic nitrogens is 2. The quantitative estimate of drug-likeness (QED) is 0.350. The van der Waals surface area contributed by atoms with Crippen molar-refractivity contribution in [3.63, 3.8) is 0 Å². The van der Waals surface area contributed by atoms with E-state index in [1.165, 1.54) is 18.4 Å². The fourth-order valence-corrected chi connectivity index (χ4v) is 4.27. The van der Waals surface area contributed by atoms with Crippen molar-refractivity contribution in [2.75, 3.05) is 11.9 Å². The van der Waals surface area contributed by atoms with Gasteiger partial charge in [-0.25, -0.2) is 9.97 Å². The number of ether oxygens (including phenoxy) is 1. The minimum Gasteiger partial charge on any atom is -0.494 e. The molecule has 4 aromatic rings. The fraction of sp³-hybridized carbons (Fsp3) is 0.250. The van der Waals surface area contributed by atoms with Crippen LogP contribution in [-0.4, -0.2) is 16.6 Å². The molecule has 0 aliphatic rings. The van der Waals surface area contributed by atoms with E-state index in [0.29, 0.717) is 6.61 Å². The van der Waals surface area contributed by atoms with Crippen LogP contribution in [0, 0.1) is 0 Å². The van der Waals surface area contributed by atoms with Gasteiger partial charge >= 0.3 is 0 Å². The number of unbranched alkanes of at least 4 members (excludes halogenated alkanes) is 1. The fourth-order valence-electron chi connectivity index (χ4n) is 3.35. The lowest BCUT2D eigenvalue weighted by Gasteiger charge is -2.10. The van der Waals surface area contributed by atoms with Crippen molar-refractivity contribution in [2.24, 2.45) is 0 Å². The summed E-state index contributed by atoms with van der Waals surface area (Å²) in [7, 11) is 0. The van der Waals surface area contributed by atoms with Crippen LogP contribution in [0.15, 0.2) is 60.2 Å². The molecule has 0 aliphatic heterocycles. The van der Waals surface area contributed by atoms with Gasteiger partial charge < -0.3 is 10.1 Å². The highest BCUT2D eigenvalue weighted by atomic mass is 32.1. The molecule has 29 heavy (non-hydrogen) atoms. The van der Waals surface area contributed by atoms with Crippen molar-refractivity contribution in [1.29, 1.82) is 0 Å². The second-order valence-corrected chi connectivity index (χ2v) is 7.79. The lowest BCUT2D eigenvalue weighted by molar-refractivity contribution is 0.340. The molecule has 0 fully saturated rings. The molecule has 2 aromatic heterocycles. The minimum absolute atomic E-state index is 0.667. The van der Waals surface area contributed by atoms with Crippen LogP contribution >= 0.6 is 11.3 Å². The molecule has 0 spiro atoms. The molecule has 0 unspecified atom stereocenters. The first-order valence-corrected chi connectivity index (χ1v) is 11.0. The smallest absolute Gasteiger partial charge is 0.143 e. The zero-order valence-corrected chi connectivity index (χ0v) is 17.6. The standard InChI is InChI=1S/C24H25N3OS/c1-3-5-6-17-7-11-19(12-8-17)27-23-22-21(15-29-24(22)26-16-25-23)18-9-13-20(14-10-18)28-4-2/h7-16H,3-6H2,1-2H3,(H,25,26,27). The average Bonchev–Trinajstić information content (AvgIpc) is 3.19. The third kappa shape index (κ3) is 4.40. The van der Waals surface area contributed by atoms with Crippen molar-refractivity contribution in [3.8, 4) is 16.9 Å². The van der Waals surface area contributed by atoms with Crippen LogP contribution in [0.25, 0.3) is 21.3 Å². The Morgan fingerprint density at radius 1 is 0.966 bits per heavy atom. The number of nitrogens with zero attached hydrogens (tertiary/aromatic N) is 2. The van der Waals surface area contributed by atoms with Gasteiger partial charge in [0.25, 0.3) is 0 Å². The van der Waals surface area contributed by atoms with Crippen LogP contribution in [0.5, 0.6) is 5.75 Å². The molecule has 0 bridgehead atoms. The van der Waals surface area contributed by atoms with Gasteiger partial charge in [0.1, 0.15) is 22.7 Å². The Balaban J connectivity index is 1.64. The lowest BCUT2D eigenvalue weighted by atomic mass is 10.1. The Morgan fingerprint density at radius 3 is 2.48 bits per heavy atom. The van der Waals surface area contributed by atoms with Crippen molar-refractivity contribution in [2.45, 2.75) is 33.1 Å². The Labute approximate surface area is 175 Å². The van der Waals surface area contributed by atoms with Gasteiger partial charge in [-0.15, -0.1) is 11.3 Å². The molecule has 5 heteroatoms. The topological polar surface area (TPSA) is 47.0 Å². The van der Waals surface area contributed by atoms with Crippen LogP contribution in [0.1, 0.15) is 32.3 Å². The van der Waals surface area contributed by atoms with E-state index in [-0.39, 0.29) is 0 Å². The van der Waals surface area contributed by atoms with Gasteiger partial charge in [-0.2, -0.15) is 0 Å². The predicted octanol–water partition coefficient (Wildman–Crippen LogP) is 6.84. The predicted molar refractivity (Wildman–Crippen MR) is 122 cm³/mol. The first kappa shape index (κ1) is 19.4. The first-order chi connectivity index (χ1) is 14.3. The van der Waals surface area contributed by atoms with Crippen molar-refractivity contribution in [3.05, 3.63) is 65.8 Å². The second kappa shape index (κ2) is 9.05. The molecule has 0 aliphatic carbocycles. The second-order valence-electron chi connectivity index (χ2n) is 6.93. The summed E-state index contributed by atoms with van der Waals surface area (Å²) in [5, 5.41) is 6.69. The van der Waals surface area contributed by atoms with Gasteiger partial charge in [-0.1, -0.05) is 37.6 Å². The number of anilines is 2. The summed E-state index contributed by atoms with van der Waals surface area (Å²) in [5.74, 6) is 1.72. The van der Waals surface area contributed by atoms with Gasteiger partial charge in [-0.05, 0) is 55.2 Å². The van der Waals surface area contributed by atoms with E-state index in [0.717, 1.165) is 45.0 Å². The van der Waals surface area contributed by atoms with E-state index in [1.807, 2.05) is 19.1 Å². The van der Waals surface area contributed by atoms with Crippen LogP contribution in [-0.2, 0) is 6.42 Å². The van der Waals surface area contributed by atoms with Gasteiger partial charge in [0.05, 0.1) is 12.0 Å². The molecule has 0 amide bonds. The number of aryl methyl sites for hydroxylation is 1. The molecule has 1 N–H and O–H groups in total. The first-order valence-electron chi connectivity index (χ1n) is 10.1. The number of rotatable bonds is 8. The number of nitrogens with one attached hydrogen (secondary N) is 1. The molecule has 0 saturated carbocycles. The average molecular weight is 404 g/mol. The third-order valence-corrected chi connectivity index (χ3v) is 5.77. The zero-order valence-electron chi connectivity index (χ0n) is 16.8. The van der Waals surface area contributed by atoms with Gasteiger partial charge in [0.15, 0.2) is 0 Å². The third-order valence-electron chi connectivity index (χ3n) is 4.88. The number of benzene rings is 2. The molecule has 0 radical (unpaired) electrons. The summed E-state index contributed by atoms with van der Waals surface area (Å²) < 4.78 is 5.57. The molecule has 0 saturated heterocycles. The minimum atomic E-state index is 0.667. The van der Waals surface area contributed by atoms with E-state index >= 15 is 0 Å². The summed E-state index contributed by atoms with van der Waals surface area (Å²) in [6, 6.07) is 16.8. The van der Waals surface area contributed by atoms with E-state index in [9.17, 15) is 0 Å². The van der Waals surface area contributed by atoms with E-state index in [1.54, 1.807) is 17.7 Å². The van der Waals surface area contributed by atoms with Crippen LogP contribution in [0.4, 0.5) is 11.5 Å². The van der Waals surface area contributed by atoms with Crippen LogP contribution < -0.4 is 10.1 Å². The summed E-state index contributed by atoms with van der Waals surface area (Å²) in [5.41, 5.74) is 4.67. The molecule has 2 heterocycles. The Bertz CT molecular complexity index is 1070. The van der Waals surface area contributed by atoms with Crippen LogP contribution in [0.3, 0.4) is 0 Å². The highest BCUT2D eigenvalue weighted by molar-refractivity contribution is 7.17. The molecular weight excluding hydrogens is 378 g/mol. The van der Waals surface area contributed by atoms with Crippen molar-refractivity contribution in [1.82, 2.24) is 9.97 Å². The lowest BCUT2D eigenvalue weighted by Crippen LogP contribution is -1.96. The van der Waals surface area contributed by atoms with Gasteiger partial charge in [0.2, 0.25) is 0 Å². The number of fused-ring (bicyclic) bond motifs is 1. The molecule has 0 atom stereocenters. The SMILES string of the molecule is CCCCc1ccc(Nc2ncnc3scc(-c4ccc(OCC)cc4)c23)cc1. The zero-order chi connectivity index (χ0) is 20.1. The summed E-state index contributed by atoms with van der Waals surface area (Å²) >= 11 is 1.64. The molecule has 148 valence electrons. The van der Waals surface area contributed by atoms with Crippen LogP contribution in [0.2, 0.25) is 0 Å². The van der Waals surface area contributed by atoms with E-state index in [4.69, 9.17) is 4.74 Å². The summed E-state index contributed by atoms with van der Waals surface area (Å²) in [4.78, 5) is 9.98. The molecule has 4 rings (SSSR count). The monoisotopic (exact) mass is 403 g/mol. The van der Waals surface area contributed by atoms with Crippen molar-refractivity contribution >= 4 is 33.1 Å². The largest absolute Gasteiger partial charge is 0.494 e. The Kier molecular flexibility index (Phi) is 6.06. The summed E-state index contributed by atoms with van der Waals surface area (Å²) in [6.45, 7) is 4.88. The number of hydrogen-bond acceptors (Lipinski definition) is 5. The van der Waals surface area contributed by atoms with Gasteiger partial charge in [-0.3, -0.25) is 0 Å².